The summed E-state index contributed by atoms with van der Waals surface area (Å²) in [4.78, 5) is 15.0. The number of piperidine rings is 1. The van der Waals surface area contributed by atoms with Gasteiger partial charge < -0.3 is 9.47 Å². The molecule has 1 N–H and O–H groups in total. The second-order valence-electron chi connectivity index (χ2n) is 7.88. The van der Waals surface area contributed by atoms with E-state index in [9.17, 15) is 13.2 Å². The van der Waals surface area contributed by atoms with Crippen molar-refractivity contribution in [2.75, 3.05) is 20.1 Å². The van der Waals surface area contributed by atoms with Gasteiger partial charge in [0.25, 0.3) is 5.91 Å². The summed E-state index contributed by atoms with van der Waals surface area (Å²) in [6.07, 6.45) is 6.20. The fraction of sp³-hybridized carbons (Fsp3) is 0.550. The minimum absolute atomic E-state index is 0.0223. The molecule has 1 unspecified atom stereocenters. The molecule has 1 atom stereocenters. The van der Waals surface area contributed by atoms with Crippen LogP contribution in [0.3, 0.4) is 0 Å². The van der Waals surface area contributed by atoms with Gasteiger partial charge in [0.2, 0.25) is 10.0 Å². The summed E-state index contributed by atoms with van der Waals surface area (Å²) in [5, 5.41) is 9.11. The monoisotopic (exact) mass is 451 g/mol. The highest BCUT2D eigenvalue weighted by atomic mass is 35.5. The first-order chi connectivity index (χ1) is 14.4. The Morgan fingerprint density at radius 1 is 1.17 bits per heavy atom. The smallest absolute Gasteiger partial charge is 0.255 e. The predicted molar refractivity (Wildman–Crippen MR) is 113 cm³/mol. The topological polar surface area (TPSA) is 97.2 Å². The molecule has 0 saturated carbocycles. The molecular formula is C20H26ClN5O3S. The second kappa shape index (κ2) is 8.64. The van der Waals surface area contributed by atoms with E-state index in [-0.39, 0.29) is 27.3 Å². The average molecular weight is 452 g/mol. The van der Waals surface area contributed by atoms with Gasteiger partial charge in [-0.2, -0.15) is 0 Å². The number of aromatic nitrogens is 3. The van der Waals surface area contributed by atoms with Crippen LogP contribution in [0.2, 0.25) is 5.02 Å². The van der Waals surface area contributed by atoms with Crippen molar-refractivity contribution < 1.29 is 13.2 Å². The van der Waals surface area contributed by atoms with Gasteiger partial charge in [0.1, 0.15) is 11.6 Å². The number of rotatable bonds is 4. The molecule has 10 heteroatoms. The van der Waals surface area contributed by atoms with Crippen molar-refractivity contribution in [2.45, 2.75) is 55.9 Å². The van der Waals surface area contributed by atoms with Gasteiger partial charge in [0, 0.05) is 32.0 Å². The number of sulfonamides is 1. The largest absolute Gasteiger partial charge is 0.338 e. The number of amides is 1. The zero-order valence-corrected chi connectivity index (χ0v) is 18.5. The van der Waals surface area contributed by atoms with Gasteiger partial charge in [-0.3, -0.25) is 4.79 Å². The normalized spacial score (nSPS) is 19.9. The number of likely N-dealkylation sites (tertiary alicyclic amines) is 1. The highest BCUT2D eigenvalue weighted by Gasteiger charge is 2.31. The minimum Gasteiger partial charge on any atom is -0.338 e. The third-order valence-corrected chi connectivity index (χ3v) is 7.70. The third kappa shape index (κ3) is 4.10. The van der Waals surface area contributed by atoms with E-state index < -0.39 is 10.0 Å². The molecule has 0 spiro atoms. The predicted octanol–water partition coefficient (Wildman–Crippen LogP) is 2.59. The van der Waals surface area contributed by atoms with E-state index in [4.69, 9.17) is 11.6 Å². The number of carbonyl (C=O) groups is 1. The molecule has 3 heterocycles. The average Bonchev–Trinajstić information content (AvgIpc) is 3.01. The Hall–Kier alpha value is -1.97. The maximum absolute atomic E-state index is 13.2. The van der Waals surface area contributed by atoms with Gasteiger partial charge in [-0.25, -0.2) is 13.1 Å². The molecule has 0 bridgehead atoms. The summed E-state index contributed by atoms with van der Waals surface area (Å²) >= 11 is 6.26. The van der Waals surface area contributed by atoms with E-state index in [1.807, 2.05) is 0 Å². The highest BCUT2D eigenvalue weighted by Crippen LogP contribution is 2.30. The lowest BCUT2D eigenvalue weighted by Crippen LogP contribution is -2.40. The molecule has 4 rings (SSSR count). The van der Waals surface area contributed by atoms with Crippen molar-refractivity contribution in [3.8, 4) is 0 Å². The molecule has 1 fully saturated rings. The number of hydrogen-bond donors (Lipinski definition) is 1. The number of halogens is 1. The van der Waals surface area contributed by atoms with Crippen LogP contribution in [0.15, 0.2) is 23.1 Å². The van der Waals surface area contributed by atoms with Gasteiger partial charge in [-0.05, 0) is 50.9 Å². The van der Waals surface area contributed by atoms with E-state index in [2.05, 4.69) is 19.5 Å². The number of nitrogens with one attached hydrogen (secondary N) is 1. The second-order valence-corrected chi connectivity index (χ2v) is 10.2. The van der Waals surface area contributed by atoms with Gasteiger partial charge in [0.15, 0.2) is 0 Å². The van der Waals surface area contributed by atoms with E-state index in [0.717, 1.165) is 50.3 Å². The number of benzene rings is 1. The van der Waals surface area contributed by atoms with Crippen molar-refractivity contribution in [3.63, 3.8) is 0 Å². The SMILES string of the molecule is CNS(=O)(=O)c1ccc(Cl)c(C(=O)N2CCCC(c3nnc4n3CCCCC4)C2)c1. The zero-order chi connectivity index (χ0) is 21.3. The standard InChI is InChI=1S/C20H26ClN5O3S/c1-22-30(28,29)15-8-9-17(21)16(12-15)20(27)25-10-5-6-14(13-25)19-24-23-18-7-3-2-4-11-26(18)19/h8-9,12,14,22H,2-7,10-11,13H2,1H3. The van der Waals surface area contributed by atoms with Crippen molar-refractivity contribution >= 4 is 27.5 Å². The van der Waals surface area contributed by atoms with Crippen molar-refractivity contribution in [3.05, 3.63) is 40.4 Å². The van der Waals surface area contributed by atoms with E-state index in [1.54, 1.807) is 4.90 Å². The summed E-state index contributed by atoms with van der Waals surface area (Å²) in [6, 6.07) is 4.21. The molecule has 2 aromatic rings. The molecule has 0 aliphatic carbocycles. The van der Waals surface area contributed by atoms with Gasteiger partial charge in [-0.15, -0.1) is 10.2 Å². The Morgan fingerprint density at radius 3 is 2.80 bits per heavy atom. The quantitative estimate of drug-likeness (QED) is 0.770. The first-order valence-corrected chi connectivity index (χ1v) is 12.2. The van der Waals surface area contributed by atoms with Crippen molar-refractivity contribution in [1.29, 1.82) is 0 Å². The van der Waals surface area contributed by atoms with Crippen LogP contribution in [0.5, 0.6) is 0 Å². The molecule has 1 amide bonds. The molecule has 8 nitrogen and oxygen atoms in total. The number of carbonyl (C=O) groups excluding carboxylic acids is 1. The van der Waals surface area contributed by atoms with Crippen molar-refractivity contribution in [1.82, 2.24) is 24.4 Å². The van der Waals surface area contributed by atoms with Crippen LogP contribution in [0.1, 0.15) is 60.0 Å². The molecule has 0 radical (unpaired) electrons. The summed E-state index contributed by atoms with van der Waals surface area (Å²) in [6.45, 7) is 2.06. The number of nitrogens with zero attached hydrogens (tertiary/aromatic N) is 4. The van der Waals surface area contributed by atoms with Gasteiger partial charge >= 0.3 is 0 Å². The molecule has 1 saturated heterocycles. The van der Waals surface area contributed by atoms with E-state index in [1.165, 1.54) is 31.7 Å². The van der Waals surface area contributed by atoms with E-state index >= 15 is 0 Å². The van der Waals surface area contributed by atoms with Crippen LogP contribution in [0.4, 0.5) is 0 Å². The lowest BCUT2D eigenvalue weighted by atomic mass is 9.96. The van der Waals surface area contributed by atoms with Gasteiger partial charge in [0.05, 0.1) is 15.5 Å². The zero-order valence-electron chi connectivity index (χ0n) is 17.0. The summed E-state index contributed by atoms with van der Waals surface area (Å²) in [5.74, 6) is 1.86. The first kappa shape index (κ1) is 21.3. The van der Waals surface area contributed by atoms with Crippen LogP contribution in [-0.2, 0) is 23.0 Å². The Bertz CT molecular complexity index is 1050. The molecule has 162 valence electrons. The fourth-order valence-corrected chi connectivity index (χ4v) is 5.26. The molecule has 1 aromatic heterocycles. The molecule has 2 aliphatic heterocycles. The number of hydrogen-bond acceptors (Lipinski definition) is 5. The van der Waals surface area contributed by atoms with Crippen LogP contribution < -0.4 is 4.72 Å². The Morgan fingerprint density at radius 2 is 2.00 bits per heavy atom. The Balaban J connectivity index is 1.58. The van der Waals surface area contributed by atoms with Crippen LogP contribution in [-0.4, -0.2) is 54.1 Å². The van der Waals surface area contributed by atoms with Gasteiger partial charge in [-0.1, -0.05) is 18.0 Å². The van der Waals surface area contributed by atoms with Crippen molar-refractivity contribution in [2.24, 2.45) is 0 Å². The van der Waals surface area contributed by atoms with Crippen LogP contribution >= 0.6 is 11.6 Å². The Labute approximate surface area is 181 Å². The summed E-state index contributed by atoms with van der Waals surface area (Å²) in [7, 11) is -2.33. The van der Waals surface area contributed by atoms with Crippen LogP contribution in [0, 0.1) is 0 Å². The third-order valence-electron chi connectivity index (χ3n) is 5.96. The molecule has 1 aromatic carbocycles. The lowest BCUT2D eigenvalue weighted by molar-refractivity contribution is 0.0703. The molecular weight excluding hydrogens is 426 g/mol. The Kier molecular flexibility index (Phi) is 6.13. The number of fused-ring (bicyclic) bond motifs is 1. The summed E-state index contributed by atoms with van der Waals surface area (Å²) < 4.78 is 28.8. The van der Waals surface area contributed by atoms with E-state index in [0.29, 0.717) is 13.1 Å². The maximum Gasteiger partial charge on any atom is 0.255 e. The fourth-order valence-electron chi connectivity index (χ4n) is 4.31. The highest BCUT2D eigenvalue weighted by molar-refractivity contribution is 7.89. The lowest BCUT2D eigenvalue weighted by Gasteiger charge is -2.32. The maximum atomic E-state index is 13.2. The number of aryl methyl sites for hydroxylation is 1. The molecule has 2 aliphatic rings. The summed E-state index contributed by atoms with van der Waals surface area (Å²) in [5.41, 5.74) is 0.203. The minimum atomic E-state index is -3.66. The van der Waals surface area contributed by atoms with Crippen LogP contribution in [0.25, 0.3) is 0 Å². The molecule has 30 heavy (non-hydrogen) atoms. The first-order valence-electron chi connectivity index (χ1n) is 10.3.